The van der Waals surface area contributed by atoms with Crippen LogP contribution in [0.4, 0.5) is 0 Å². The van der Waals surface area contributed by atoms with Gasteiger partial charge in [0, 0.05) is 9.73 Å². The Bertz CT molecular complexity index is 1080. The normalized spacial score (nSPS) is 15.2. The lowest BCUT2D eigenvalue weighted by molar-refractivity contribution is -0.137. The first-order valence-electron chi connectivity index (χ1n) is 10.6. The van der Waals surface area contributed by atoms with Crippen molar-refractivity contribution in [2.24, 2.45) is 10.8 Å². The summed E-state index contributed by atoms with van der Waals surface area (Å²) in [5, 5.41) is 34.5. The first kappa shape index (κ1) is 31.3. The van der Waals surface area contributed by atoms with Crippen LogP contribution < -0.4 is 0 Å². The predicted octanol–water partition coefficient (Wildman–Crippen LogP) is 5.42. The van der Waals surface area contributed by atoms with Crippen molar-refractivity contribution in [2.45, 2.75) is 37.2 Å². The molecule has 0 radical (unpaired) electrons. The zero-order chi connectivity index (χ0) is 27.5. The number of thiol groups is 2. The van der Waals surface area contributed by atoms with Gasteiger partial charge < -0.3 is 10.2 Å². The molecular formula is C26H26N2O4S4. The summed E-state index contributed by atoms with van der Waals surface area (Å²) in [6.45, 7) is 3.29. The highest BCUT2D eigenvalue weighted by atomic mass is 32.1. The van der Waals surface area contributed by atoms with Crippen LogP contribution in [0.2, 0.25) is 0 Å². The number of aliphatic carboxylic acids is 2. The highest BCUT2D eigenvalue weighted by molar-refractivity contribution is 7.82. The van der Waals surface area contributed by atoms with E-state index < -0.39 is 33.3 Å². The summed E-state index contributed by atoms with van der Waals surface area (Å²) in [4.78, 5) is 22.5. The van der Waals surface area contributed by atoms with Gasteiger partial charge in [-0.1, -0.05) is 85.1 Å². The Labute approximate surface area is 232 Å². The molecule has 188 valence electrons. The molecule has 0 spiro atoms. The molecule has 0 aliphatic carbocycles. The first-order valence-corrected chi connectivity index (χ1v) is 12.5. The maximum Gasteiger partial charge on any atom is 0.316 e. The minimum absolute atomic E-state index is 0.0790. The quantitative estimate of drug-likeness (QED) is 0.173. The highest BCUT2D eigenvalue weighted by Gasteiger charge is 2.35. The van der Waals surface area contributed by atoms with E-state index in [2.05, 4.69) is 37.4 Å². The fraction of sp³-hybridized carbons (Fsp3) is 0.308. The zero-order valence-electron chi connectivity index (χ0n) is 19.7. The molecule has 10 heteroatoms. The van der Waals surface area contributed by atoms with Crippen LogP contribution in [0, 0.1) is 33.5 Å². The lowest BCUT2D eigenvalue weighted by Gasteiger charge is -2.24. The average Bonchev–Trinajstić information content (AvgIpc) is 2.88. The number of nitrogens with zero attached hydrogens (tertiary/aromatic N) is 2. The van der Waals surface area contributed by atoms with Gasteiger partial charge >= 0.3 is 11.9 Å². The minimum Gasteiger partial charge on any atom is -0.480 e. The SMILES string of the molecule is CC(C#N)(CC(S)C(=O)O)C(=S)c1ccccc1.CC(C#N)(CC(S)C(=O)O)C(=S)c1ccccc1. The first-order chi connectivity index (χ1) is 16.8. The molecule has 6 nitrogen and oxygen atoms in total. The summed E-state index contributed by atoms with van der Waals surface area (Å²) in [5.41, 5.74) is -0.492. The van der Waals surface area contributed by atoms with Crippen LogP contribution >= 0.6 is 49.7 Å². The number of hydrogen-bond acceptors (Lipinski definition) is 8. The van der Waals surface area contributed by atoms with Crippen molar-refractivity contribution in [3.8, 4) is 12.1 Å². The third kappa shape index (κ3) is 8.72. The second-order valence-corrected chi connectivity index (χ2v) is 10.5. The maximum absolute atomic E-state index is 10.8. The third-order valence-corrected chi connectivity index (χ3v) is 7.52. The molecule has 0 fully saturated rings. The van der Waals surface area contributed by atoms with E-state index in [1.54, 1.807) is 13.8 Å². The summed E-state index contributed by atoms with van der Waals surface area (Å²) in [6.07, 6.45) is 0.158. The molecule has 0 aromatic heterocycles. The molecule has 2 rings (SSSR count). The number of carbonyl (C=O) groups is 2. The van der Waals surface area contributed by atoms with Crippen molar-refractivity contribution in [1.82, 2.24) is 0 Å². The molecule has 0 heterocycles. The maximum atomic E-state index is 10.8. The average molecular weight is 559 g/mol. The van der Waals surface area contributed by atoms with E-state index in [0.29, 0.717) is 9.73 Å². The van der Waals surface area contributed by atoms with E-state index >= 15 is 0 Å². The van der Waals surface area contributed by atoms with E-state index in [1.165, 1.54) is 0 Å². The summed E-state index contributed by atoms with van der Waals surface area (Å²) in [6, 6.07) is 22.5. The van der Waals surface area contributed by atoms with Crippen LogP contribution in [0.25, 0.3) is 0 Å². The van der Waals surface area contributed by atoms with Crippen molar-refractivity contribution in [3.05, 3.63) is 71.8 Å². The molecule has 4 unspecified atom stereocenters. The van der Waals surface area contributed by atoms with Gasteiger partial charge in [0.1, 0.15) is 10.5 Å². The van der Waals surface area contributed by atoms with Crippen molar-refractivity contribution in [1.29, 1.82) is 10.5 Å². The Balaban J connectivity index is 0.000000360. The number of carboxylic acid groups (broad SMARTS) is 2. The van der Waals surface area contributed by atoms with Crippen molar-refractivity contribution in [2.75, 3.05) is 0 Å². The van der Waals surface area contributed by atoms with Gasteiger partial charge in [-0.2, -0.15) is 35.8 Å². The molecule has 2 aromatic carbocycles. The molecule has 0 saturated heterocycles. The molecule has 0 saturated carbocycles. The lowest BCUT2D eigenvalue weighted by atomic mass is 9.80. The number of rotatable bonds is 10. The Morgan fingerprint density at radius 2 is 1.06 bits per heavy atom. The summed E-state index contributed by atoms with van der Waals surface area (Å²) < 4.78 is 0. The van der Waals surface area contributed by atoms with Gasteiger partial charge in [-0.25, -0.2) is 0 Å². The second-order valence-electron chi connectivity index (χ2n) is 8.39. The minimum atomic E-state index is -1.05. The third-order valence-electron chi connectivity index (χ3n) is 5.34. The molecule has 0 aliphatic heterocycles. The van der Waals surface area contributed by atoms with Crippen molar-refractivity contribution >= 4 is 71.4 Å². The van der Waals surface area contributed by atoms with Crippen LogP contribution in [0.3, 0.4) is 0 Å². The molecular weight excluding hydrogens is 533 g/mol. The van der Waals surface area contributed by atoms with Crippen molar-refractivity contribution in [3.63, 3.8) is 0 Å². The van der Waals surface area contributed by atoms with E-state index in [1.807, 2.05) is 60.7 Å². The van der Waals surface area contributed by atoms with E-state index in [-0.39, 0.29) is 12.8 Å². The summed E-state index contributed by atoms with van der Waals surface area (Å²) in [5.74, 6) is -2.09. The Kier molecular flexibility index (Phi) is 12.2. The number of carboxylic acids is 2. The van der Waals surface area contributed by atoms with Crippen LogP contribution in [0.1, 0.15) is 37.8 Å². The fourth-order valence-corrected chi connectivity index (χ4v) is 4.40. The Morgan fingerprint density at radius 3 is 1.28 bits per heavy atom. The van der Waals surface area contributed by atoms with Gasteiger partial charge in [-0.3, -0.25) is 9.59 Å². The second kappa shape index (κ2) is 14.1. The van der Waals surface area contributed by atoms with Gasteiger partial charge in [0.05, 0.1) is 23.0 Å². The number of thiocarbonyl (C=S) groups is 2. The van der Waals surface area contributed by atoms with Crippen molar-refractivity contribution < 1.29 is 19.8 Å². The van der Waals surface area contributed by atoms with E-state index in [9.17, 15) is 20.1 Å². The zero-order valence-corrected chi connectivity index (χ0v) is 23.1. The molecule has 0 bridgehead atoms. The Hall–Kier alpha value is -2.76. The number of nitriles is 2. The van der Waals surface area contributed by atoms with E-state index in [0.717, 1.165) is 11.1 Å². The Morgan fingerprint density at radius 1 is 0.778 bits per heavy atom. The van der Waals surface area contributed by atoms with E-state index in [4.69, 9.17) is 34.6 Å². The monoisotopic (exact) mass is 558 g/mol. The molecule has 4 atom stereocenters. The topological polar surface area (TPSA) is 122 Å². The number of benzene rings is 2. The molecule has 0 aliphatic rings. The number of hydrogen-bond donors (Lipinski definition) is 4. The molecule has 2 N–H and O–H groups in total. The standard InChI is InChI=1S/2C13H13NO2S2/c2*1-13(8-14,7-10(17)12(15)16)11(18)9-5-3-2-4-6-9/h2*2-6,10,17H,7H2,1H3,(H,15,16). The lowest BCUT2D eigenvalue weighted by Crippen LogP contribution is -2.31. The van der Waals surface area contributed by atoms with Gasteiger partial charge in [0.25, 0.3) is 0 Å². The van der Waals surface area contributed by atoms with Gasteiger partial charge in [-0.05, 0) is 37.8 Å². The van der Waals surface area contributed by atoms with Gasteiger partial charge in [-0.15, -0.1) is 0 Å². The van der Waals surface area contributed by atoms with Gasteiger partial charge in [0.15, 0.2) is 0 Å². The highest BCUT2D eigenvalue weighted by Crippen LogP contribution is 2.31. The van der Waals surface area contributed by atoms with Crippen LogP contribution in [-0.4, -0.2) is 42.4 Å². The molecule has 36 heavy (non-hydrogen) atoms. The van der Waals surface area contributed by atoms with Gasteiger partial charge in [0.2, 0.25) is 0 Å². The van der Waals surface area contributed by atoms with Crippen LogP contribution in [0.5, 0.6) is 0 Å². The molecule has 0 amide bonds. The summed E-state index contributed by atoms with van der Waals surface area (Å²) >= 11 is 18.6. The predicted molar refractivity (Wildman–Crippen MR) is 154 cm³/mol. The molecule has 2 aromatic rings. The smallest absolute Gasteiger partial charge is 0.316 e. The largest absolute Gasteiger partial charge is 0.480 e. The fourth-order valence-electron chi connectivity index (χ4n) is 3.14. The summed E-state index contributed by atoms with van der Waals surface area (Å²) in [7, 11) is 0. The van der Waals surface area contributed by atoms with Crippen LogP contribution in [-0.2, 0) is 9.59 Å². The van der Waals surface area contributed by atoms with Crippen LogP contribution in [0.15, 0.2) is 60.7 Å².